The second kappa shape index (κ2) is 8.32. The number of ether oxygens (including phenoxy) is 1. The maximum Gasteiger partial charge on any atom is 0.243 e. The molecule has 0 amide bonds. The molecule has 5 rings (SSSR count). The van der Waals surface area contributed by atoms with E-state index in [0.29, 0.717) is 36.3 Å². The van der Waals surface area contributed by atoms with Crippen LogP contribution in [0.5, 0.6) is 5.88 Å². The van der Waals surface area contributed by atoms with Gasteiger partial charge in [0.15, 0.2) is 0 Å². The quantitative estimate of drug-likeness (QED) is 0.666. The van der Waals surface area contributed by atoms with Crippen LogP contribution < -0.4 is 4.74 Å². The molecular weight excluding hydrogens is 436 g/mol. The maximum absolute atomic E-state index is 13.6. The van der Waals surface area contributed by atoms with E-state index in [4.69, 9.17) is 4.74 Å². The van der Waals surface area contributed by atoms with E-state index in [1.54, 1.807) is 10.5 Å². The van der Waals surface area contributed by atoms with E-state index in [-0.39, 0.29) is 17.6 Å². The first-order valence-corrected chi connectivity index (χ1v) is 13.4. The molecule has 8 heteroatoms. The molecule has 3 fully saturated rings. The first-order valence-electron chi connectivity index (χ1n) is 12.0. The van der Waals surface area contributed by atoms with Crippen LogP contribution >= 0.6 is 0 Å². The molecule has 1 aliphatic carbocycles. The molecule has 0 unspecified atom stereocenters. The van der Waals surface area contributed by atoms with Crippen LogP contribution in [0.25, 0.3) is 0 Å². The van der Waals surface area contributed by atoms with Crippen LogP contribution in [0.15, 0.2) is 35.5 Å². The van der Waals surface area contributed by atoms with E-state index < -0.39 is 10.0 Å². The zero-order valence-corrected chi connectivity index (χ0v) is 20.8. The lowest BCUT2D eigenvalue weighted by atomic mass is 9.87. The summed E-state index contributed by atoms with van der Waals surface area (Å²) in [5.41, 5.74) is 2.78. The number of nitrogens with zero attached hydrogens (tertiary/aromatic N) is 4. The smallest absolute Gasteiger partial charge is 0.243 e. The molecule has 33 heavy (non-hydrogen) atoms. The third kappa shape index (κ3) is 4.66. The predicted molar refractivity (Wildman–Crippen MR) is 127 cm³/mol. The van der Waals surface area contributed by atoms with Crippen LogP contribution in [0.2, 0.25) is 0 Å². The second-order valence-corrected chi connectivity index (χ2v) is 12.7. The van der Waals surface area contributed by atoms with Crippen LogP contribution in [0.1, 0.15) is 62.8 Å². The molecule has 178 valence electrons. The Morgan fingerprint density at radius 1 is 1.06 bits per heavy atom. The largest absolute Gasteiger partial charge is 0.472 e. The highest BCUT2D eigenvalue weighted by Gasteiger charge is 2.41. The Morgan fingerprint density at radius 3 is 2.52 bits per heavy atom. The highest BCUT2D eigenvalue weighted by Crippen LogP contribution is 2.38. The molecule has 2 saturated heterocycles. The monoisotopic (exact) mass is 470 g/mol. The van der Waals surface area contributed by atoms with E-state index >= 15 is 0 Å². The van der Waals surface area contributed by atoms with Crippen LogP contribution in [0.4, 0.5) is 0 Å². The minimum absolute atomic E-state index is 0.00434. The van der Waals surface area contributed by atoms with Gasteiger partial charge in [0.2, 0.25) is 15.9 Å². The summed E-state index contributed by atoms with van der Waals surface area (Å²) in [5, 5.41) is 0. The van der Waals surface area contributed by atoms with Gasteiger partial charge in [-0.25, -0.2) is 13.4 Å². The molecule has 7 nitrogen and oxygen atoms in total. The van der Waals surface area contributed by atoms with Crippen LogP contribution in [-0.2, 0) is 15.4 Å². The zero-order chi connectivity index (χ0) is 23.4. The summed E-state index contributed by atoms with van der Waals surface area (Å²) in [6.07, 6.45) is 6.76. The highest BCUT2D eigenvalue weighted by atomic mass is 32.2. The first kappa shape index (κ1) is 22.7. The van der Waals surface area contributed by atoms with E-state index in [1.165, 1.54) is 12.8 Å². The molecule has 1 saturated carbocycles. The molecule has 2 aliphatic heterocycles. The number of hydrogen-bond donors (Lipinski definition) is 0. The Hall–Kier alpha value is -2.03. The summed E-state index contributed by atoms with van der Waals surface area (Å²) >= 11 is 0. The minimum atomic E-state index is -3.55. The Bertz CT molecular complexity index is 1120. The number of aromatic nitrogens is 2. The first-order chi connectivity index (χ1) is 15.6. The van der Waals surface area contributed by atoms with Gasteiger partial charge in [-0.3, -0.25) is 9.88 Å². The fraction of sp³-hybridized carbons (Fsp3) is 0.600. The summed E-state index contributed by atoms with van der Waals surface area (Å²) in [5.74, 6) is 1.14. The Kier molecular flexibility index (Phi) is 5.74. The lowest BCUT2D eigenvalue weighted by Gasteiger charge is -2.36. The van der Waals surface area contributed by atoms with E-state index in [9.17, 15) is 8.42 Å². The van der Waals surface area contributed by atoms with E-state index in [0.717, 1.165) is 29.8 Å². The molecule has 2 atom stereocenters. The number of piperazine rings is 1. The van der Waals surface area contributed by atoms with Gasteiger partial charge in [-0.15, -0.1) is 0 Å². The number of aryl methyl sites for hydroxylation is 1. The van der Waals surface area contributed by atoms with Crippen molar-refractivity contribution in [2.75, 3.05) is 26.2 Å². The lowest BCUT2D eigenvalue weighted by molar-refractivity contribution is 0.151. The number of benzene rings is 1. The summed E-state index contributed by atoms with van der Waals surface area (Å²) in [7, 11) is -3.55. The van der Waals surface area contributed by atoms with Crippen molar-refractivity contribution in [3.63, 3.8) is 0 Å². The van der Waals surface area contributed by atoms with Crippen molar-refractivity contribution in [1.82, 2.24) is 19.2 Å². The number of sulfonamides is 1. The number of rotatable bonds is 5. The number of hydrogen-bond acceptors (Lipinski definition) is 6. The molecule has 3 aliphatic rings. The molecule has 2 aromatic rings. The third-order valence-electron chi connectivity index (χ3n) is 7.14. The van der Waals surface area contributed by atoms with Crippen molar-refractivity contribution in [3.8, 4) is 5.88 Å². The summed E-state index contributed by atoms with van der Waals surface area (Å²) in [6, 6.07) is 5.98. The molecule has 1 aromatic heterocycles. The Morgan fingerprint density at radius 2 is 1.85 bits per heavy atom. The standard InChI is InChI=1S/C25H34N4O3S/c1-17-5-8-19(25(2,3)4)11-23(17)33(30,31)29-10-9-28-16-21(12-20(28)15-29)32-24-14-26-22(13-27-24)18-6-7-18/h5,8,11,13-14,18,20-21H,6-7,9-10,12,15-16H2,1-4H3/t20-,21-/m0/s1. The van der Waals surface area contributed by atoms with Crippen LogP contribution in [0, 0.1) is 6.92 Å². The van der Waals surface area contributed by atoms with Gasteiger partial charge in [0.05, 0.1) is 23.0 Å². The van der Waals surface area contributed by atoms with Crippen molar-refractivity contribution in [3.05, 3.63) is 47.4 Å². The number of fused-ring (bicyclic) bond motifs is 1. The van der Waals surface area contributed by atoms with E-state index in [1.807, 2.05) is 31.3 Å². The average Bonchev–Trinajstić information content (AvgIpc) is 3.53. The van der Waals surface area contributed by atoms with Gasteiger partial charge in [-0.1, -0.05) is 32.9 Å². The van der Waals surface area contributed by atoms with Crippen molar-refractivity contribution in [2.24, 2.45) is 0 Å². The fourth-order valence-corrected chi connectivity index (χ4v) is 6.62. The third-order valence-corrected chi connectivity index (χ3v) is 9.15. The molecule has 1 aromatic carbocycles. The van der Waals surface area contributed by atoms with Gasteiger partial charge in [0.25, 0.3) is 0 Å². The zero-order valence-electron chi connectivity index (χ0n) is 20.0. The van der Waals surface area contributed by atoms with Gasteiger partial charge in [-0.05, 0) is 42.4 Å². The summed E-state index contributed by atoms with van der Waals surface area (Å²) in [4.78, 5) is 11.7. The van der Waals surface area contributed by atoms with E-state index in [2.05, 4.69) is 35.6 Å². The minimum Gasteiger partial charge on any atom is -0.472 e. The van der Waals surface area contributed by atoms with Gasteiger partial charge < -0.3 is 4.74 Å². The highest BCUT2D eigenvalue weighted by molar-refractivity contribution is 7.89. The SMILES string of the molecule is Cc1ccc(C(C)(C)C)cc1S(=O)(=O)N1CCN2C[C@@H](Oc3cnc(C4CC4)cn3)C[C@H]2C1. The van der Waals surface area contributed by atoms with Crippen LogP contribution in [0.3, 0.4) is 0 Å². The topological polar surface area (TPSA) is 75.6 Å². The van der Waals surface area contributed by atoms with Gasteiger partial charge in [-0.2, -0.15) is 4.31 Å². The summed E-state index contributed by atoms with van der Waals surface area (Å²) in [6.45, 7) is 10.7. The average molecular weight is 471 g/mol. The molecule has 3 heterocycles. The van der Waals surface area contributed by atoms with Crippen LogP contribution in [-0.4, -0.2) is 65.9 Å². The van der Waals surface area contributed by atoms with Crippen molar-refractivity contribution in [2.45, 2.75) is 75.3 Å². The van der Waals surface area contributed by atoms with Gasteiger partial charge in [0.1, 0.15) is 6.10 Å². The lowest BCUT2D eigenvalue weighted by Crippen LogP contribution is -2.52. The Balaban J connectivity index is 1.27. The van der Waals surface area contributed by atoms with Gasteiger partial charge in [0, 0.05) is 44.6 Å². The fourth-order valence-electron chi connectivity index (χ4n) is 4.90. The van der Waals surface area contributed by atoms with Crippen molar-refractivity contribution >= 4 is 10.0 Å². The van der Waals surface area contributed by atoms with Crippen molar-refractivity contribution < 1.29 is 13.2 Å². The maximum atomic E-state index is 13.6. The normalized spacial score (nSPS) is 24.6. The second-order valence-electron chi connectivity index (χ2n) is 10.8. The molecule has 0 N–H and O–H groups in total. The molecule has 0 radical (unpaired) electrons. The predicted octanol–water partition coefficient (Wildman–Crippen LogP) is 3.49. The summed E-state index contributed by atoms with van der Waals surface area (Å²) < 4.78 is 35.0. The molecule has 0 bridgehead atoms. The molecule has 0 spiro atoms. The van der Waals surface area contributed by atoms with Gasteiger partial charge >= 0.3 is 0 Å². The Labute approximate surface area is 197 Å². The van der Waals surface area contributed by atoms with Crippen molar-refractivity contribution in [1.29, 1.82) is 0 Å². The molecular formula is C25H34N4O3S.